The lowest BCUT2D eigenvalue weighted by Crippen LogP contribution is -2.19. The van der Waals surface area contributed by atoms with Crippen LogP contribution >= 0.6 is 23.7 Å². The molecule has 0 spiro atoms. The third-order valence-corrected chi connectivity index (χ3v) is 3.58. The zero-order chi connectivity index (χ0) is 14.5. The summed E-state index contributed by atoms with van der Waals surface area (Å²) in [7, 11) is 1.60. The predicted molar refractivity (Wildman–Crippen MR) is 83.8 cm³/mol. The molecule has 1 amide bonds. The monoisotopic (exact) mass is 328 g/mol. The second-order valence-corrected chi connectivity index (χ2v) is 5.13. The number of nitrogens with zero attached hydrogens (tertiary/aromatic N) is 2. The van der Waals surface area contributed by atoms with Crippen molar-refractivity contribution in [2.45, 2.75) is 19.6 Å². The van der Waals surface area contributed by atoms with E-state index in [4.69, 9.17) is 4.74 Å². The van der Waals surface area contributed by atoms with Crippen molar-refractivity contribution in [3.05, 3.63) is 46.2 Å². The van der Waals surface area contributed by atoms with Gasteiger partial charge in [0.1, 0.15) is 5.75 Å². The van der Waals surface area contributed by atoms with Gasteiger partial charge in [0.2, 0.25) is 5.91 Å². The Balaban J connectivity index is 0.00000220. The van der Waals surface area contributed by atoms with Crippen LogP contribution in [0.1, 0.15) is 18.6 Å². The van der Waals surface area contributed by atoms with E-state index in [1.807, 2.05) is 17.5 Å². The minimum absolute atomic E-state index is 0. The Labute approximate surface area is 133 Å². The van der Waals surface area contributed by atoms with E-state index in [0.29, 0.717) is 11.3 Å². The lowest BCUT2D eigenvalue weighted by atomic mass is 10.1. The van der Waals surface area contributed by atoms with Crippen LogP contribution < -0.4 is 9.54 Å². The zero-order valence-corrected chi connectivity index (χ0v) is 13.4. The molecule has 0 saturated heterocycles. The van der Waals surface area contributed by atoms with Gasteiger partial charge in [0, 0.05) is 18.5 Å². The molecule has 0 fully saturated rings. The molecule has 0 bridgehead atoms. The molecule has 2 rings (SSSR count). The largest absolute Gasteiger partial charge is 0.497 e. The van der Waals surface area contributed by atoms with Gasteiger partial charge in [-0.3, -0.25) is 4.79 Å². The molecule has 0 aliphatic carbocycles. The molecule has 114 valence electrons. The number of aliphatic hydroxyl groups excluding tert-OH is 1. The van der Waals surface area contributed by atoms with Gasteiger partial charge in [0.25, 0.3) is 0 Å². The van der Waals surface area contributed by atoms with Crippen molar-refractivity contribution in [1.82, 2.24) is 4.57 Å². The Morgan fingerprint density at radius 2 is 2.10 bits per heavy atom. The van der Waals surface area contributed by atoms with Crippen LogP contribution in [-0.2, 0) is 11.3 Å². The van der Waals surface area contributed by atoms with Crippen molar-refractivity contribution in [3.63, 3.8) is 0 Å². The maximum Gasteiger partial charge on any atom is 0.245 e. The Hall–Kier alpha value is -1.63. The quantitative estimate of drug-likeness (QED) is 0.935. The number of carbonyl (C=O) groups excluding carboxylic acids is 1. The Morgan fingerprint density at radius 1 is 1.43 bits per heavy atom. The number of thiazole rings is 1. The normalized spacial score (nSPS) is 12.6. The summed E-state index contributed by atoms with van der Waals surface area (Å²) < 4.78 is 6.84. The Bertz CT molecular complexity index is 649. The molecule has 0 radical (unpaired) electrons. The van der Waals surface area contributed by atoms with Gasteiger partial charge in [-0.2, -0.15) is 4.99 Å². The number of aliphatic hydroxyl groups is 1. The summed E-state index contributed by atoms with van der Waals surface area (Å²) >= 11 is 1.37. The van der Waals surface area contributed by atoms with E-state index >= 15 is 0 Å². The minimum Gasteiger partial charge on any atom is -0.497 e. The average molecular weight is 329 g/mol. The first-order valence-electron chi connectivity index (χ1n) is 6.11. The van der Waals surface area contributed by atoms with Crippen LogP contribution in [0.2, 0.25) is 0 Å². The number of aromatic nitrogens is 1. The van der Waals surface area contributed by atoms with E-state index in [1.165, 1.54) is 18.3 Å². The highest BCUT2D eigenvalue weighted by Crippen LogP contribution is 2.18. The number of hydrogen-bond acceptors (Lipinski definition) is 4. The summed E-state index contributed by atoms with van der Waals surface area (Å²) in [5.41, 5.74) is 0.790. The van der Waals surface area contributed by atoms with Crippen molar-refractivity contribution in [2.24, 2.45) is 4.99 Å². The highest BCUT2D eigenvalue weighted by molar-refractivity contribution is 7.07. The van der Waals surface area contributed by atoms with Gasteiger partial charge < -0.3 is 14.4 Å². The number of methoxy groups -OCH3 is 1. The topological polar surface area (TPSA) is 63.8 Å². The fourth-order valence-corrected chi connectivity index (χ4v) is 2.56. The van der Waals surface area contributed by atoms with Crippen LogP contribution in [-0.4, -0.2) is 22.7 Å². The predicted octanol–water partition coefficient (Wildman–Crippen LogP) is 2.16. The van der Waals surface area contributed by atoms with E-state index in [1.54, 1.807) is 30.0 Å². The highest BCUT2D eigenvalue weighted by atomic mass is 35.5. The molecule has 1 atom stereocenters. The average Bonchev–Trinajstić information content (AvgIpc) is 2.85. The molecule has 1 N–H and O–H groups in total. The van der Waals surface area contributed by atoms with Crippen LogP contribution in [0.4, 0.5) is 0 Å². The summed E-state index contributed by atoms with van der Waals surface area (Å²) in [6.45, 7) is 1.76. The number of halogens is 1. The lowest BCUT2D eigenvalue weighted by Gasteiger charge is -2.12. The van der Waals surface area contributed by atoms with Crippen LogP contribution in [0.3, 0.4) is 0 Å². The number of hydrogen-bond donors (Lipinski definition) is 1. The van der Waals surface area contributed by atoms with E-state index in [2.05, 4.69) is 4.99 Å². The number of benzene rings is 1. The molecule has 7 heteroatoms. The molecule has 21 heavy (non-hydrogen) atoms. The summed E-state index contributed by atoms with van der Waals surface area (Å²) in [6, 6.07) is 7.24. The maximum atomic E-state index is 11.0. The summed E-state index contributed by atoms with van der Waals surface area (Å²) in [5.74, 6) is 0.497. The van der Waals surface area contributed by atoms with Gasteiger partial charge in [-0.1, -0.05) is 12.1 Å². The molecule has 1 aromatic heterocycles. The van der Waals surface area contributed by atoms with Crippen LogP contribution in [0, 0.1) is 0 Å². The third-order valence-electron chi connectivity index (χ3n) is 2.78. The maximum absolute atomic E-state index is 11.0. The van der Waals surface area contributed by atoms with Crippen molar-refractivity contribution < 1.29 is 14.6 Å². The zero-order valence-electron chi connectivity index (χ0n) is 11.7. The van der Waals surface area contributed by atoms with Gasteiger partial charge in [-0.05, 0) is 17.7 Å². The van der Waals surface area contributed by atoms with E-state index in [-0.39, 0.29) is 18.3 Å². The minimum atomic E-state index is -0.665. The summed E-state index contributed by atoms with van der Waals surface area (Å²) in [6.07, 6.45) is 1.14. The molecule has 2 aromatic rings. The fraction of sp³-hybridized carbons (Fsp3) is 0.286. The lowest BCUT2D eigenvalue weighted by molar-refractivity contribution is -0.116. The molecule has 1 aromatic carbocycles. The van der Waals surface area contributed by atoms with E-state index in [9.17, 15) is 9.90 Å². The standard InChI is InChI=1S/C14H16N2O3S.ClH/c1-10(17)15-14-16(7-8-20-14)9-13(18)11-3-5-12(19-2)6-4-11;/h3-8,13,18H,9H2,1-2H3;1H. The van der Waals surface area contributed by atoms with Crippen LogP contribution in [0.15, 0.2) is 40.8 Å². The smallest absolute Gasteiger partial charge is 0.245 e. The number of carbonyl (C=O) groups is 1. The van der Waals surface area contributed by atoms with Crippen LogP contribution in [0.25, 0.3) is 0 Å². The van der Waals surface area contributed by atoms with E-state index in [0.717, 1.165) is 11.3 Å². The molecular formula is C14H17ClN2O3S. The molecular weight excluding hydrogens is 312 g/mol. The van der Waals surface area contributed by atoms with Gasteiger partial charge in [0.15, 0.2) is 4.80 Å². The van der Waals surface area contributed by atoms with Gasteiger partial charge >= 0.3 is 0 Å². The number of rotatable bonds is 4. The van der Waals surface area contributed by atoms with Crippen molar-refractivity contribution >= 4 is 29.7 Å². The Kier molecular flexibility index (Phi) is 6.61. The van der Waals surface area contributed by atoms with Crippen molar-refractivity contribution in [3.8, 4) is 5.75 Å². The Morgan fingerprint density at radius 3 is 2.67 bits per heavy atom. The molecule has 0 aliphatic heterocycles. The molecule has 1 unspecified atom stereocenters. The SMILES string of the molecule is COc1ccc(C(O)Cn2ccsc2=NC(C)=O)cc1.Cl. The first kappa shape index (κ1) is 17.4. The molecule has 5 nitrogen and oxygen atoms in total. The number of amides is 1. The second-order valence-electron chi connectivity index (χ2n) is 4.26. The third kappa shape index (κ3) is 4.70. The fourth-order valence-electron chi connectivity index (χ4n) is 1.78. The summed E-state index contributed by atoms with van der Waals surface area (Å²) in [5, 5.41) is 12.1. The van der Waals surface area contributed by atoms with Gasteiger partial charge in [-0.15, -0.1) is 23.7 Å². The van der Waals surface area contributed by atoms with Gasteiger partial charge in [0.05, 0.1) is 19.8 Å². The van der Waals surface area contributed by atoms with Crippen molar-refractivity contribution in [2.75, 3.05) is 7.11 Å². The first-order chi connectivity index (χ1) is 9.60. The molecule has 0 saturated carbocycles. The molecule has 1 heterocycles. The second kappa shape index (κ2) is 7.97. The summed E-state index contributed by atoms with van der Waals surface area (Å²) in [4.78, 5) is 15.5. The molecule has 0 aliphatic rings. The first-order valence-corrected chi connectivity index (χ1v) is 6.99. The van der Waals surface area contributed by atoms with Crippen LogP contribution in [0.5, 0.6) is 5.75 Å². The highest BCUT2D eigenvalue weighted by Gasteiger charge is 2.09. The van der Waals surface area contributed by atoms with Gasteiger partial charge in [-0.25, -0.2) is 0 Å². The van der Waals surface area contributed by atoms with E-state index < -0.39 is 6.10 Å². The number of ether oxygens (including phenoxy) is 1. The van der Waals surface area contributed by atoms with Crippen molar-refractivity contribution in [1.29, 1.82) is 0 Å².